The minimum atomic E-state index is -0.345. The molecule has 0 saturated heterocycles. The average Bonchev–Trinajstić information content (AvgIpc) is 3.34. The number of anilines is 1. The minimum Gasteiger partial charge on any atom is -0.451 e. The molecule has 3 aromatic heterocycles. The van der Waals surface area contributed by atoms with E-state index >= 15 is 0 Å². The molecule has 5 rings (SSSR count). The Morgan fingerprint density at radius 3 is 2.72 bits per heavy atom. The SMILES string of the molecule is Cc1nc2c(Cl)cccn2c1NC(=O)c1ccc(-c2ccc3ccccc3c2)o1. The van der Waals surface area contributed by atoms with Crippen molar-refractivity contribution < 1.29 is 9.21 Å². The molecule has 0 atom stereocenters. The van der Waals surface area contributed by atoms with Crippen molar-refractivity contribution in [3.63, 3.8) is 0 Å². The molecule has 0 aliphatic heterocycles. The largest absolute Gasteiger partial charge is 0.451 e. The van der Waals surface area contributed by atoms with E-state index in [0.29, 0.717) is 27.9 Å². The van der Waals surface area contributed by atoms with Crippen LogP contribution in [0.2, 0.25) is 5.02 Å². The monoisotopic (exact) mass is 401 g/mol. The number of halogens is 1. The van der Waals surface area contributed by atoms with Gasteiger partial charge < -0.3 is 9.73 Å². The fourth-order valence-electron chi connectivity index (χ4n) is 3.43. The second kappa shape index (κ2) is 6.79. The van der Waals surface area contributed by atoms with Gasteiger partial charge in [-0.05, 0) is 48.0 Å². The maximum Gasteiger partial charge on any atom is 0.292 e. The summed E-state index contributed by atoms with van der Waals surface area (Å²) in [7, 11) is 0. The van der Waals surface area contributed by atoms with Crippen molar-refractivity contribution in [1.29, 1.82) is 0 Å². The molecular formula is C23H16ClN3O2. The van der Waals surface area contributed by atoms with E-state index < -0.39 is 0 Å². The van der Waals surface area contributed by atoms with Crippen molar-refractivity contribution in [2.75, 3.05) is 5.32 Å². The maximum absolute atomic E-state index is 12.8. The molecule has 0 spiro atoms. The van der Waals surface area contributed by atoms with Crippen LogP contribution < -0.4 is 5.32 Å². The number of imidazole rings is 1. The zero-order valence-corrected chi connectivity index (χ0v) is 16.3. The number of carbonyl (C=O) groups excluding carboxylic acids is 1. The molecule has 0 aliphatic carbocycles. The van der Waals surface area contributed by atoms with Gasteiger partial charge in [-0.25, -0.2) is 4.98 Å². The number of amides is 1. The predicted octanol–water partition coefficient (Wildman–Crippen LogP) is 5.96. The summed E-state index contributed by atoms with van der Waals surface area (Å²) < 4.78 is 7.59. The van der Waals surface area contributed by atoms with Crippen molar-refractivity contribution >= 4 is 39.7 Å². The van der Waals surface area contributed by atoms with Crippen molar-refractivity contribution in [3.8, 4) is 11.3 Å². The van der Waals surface area contributed by atoms with Gasteiger partial charge in [0, 0.05) is 11.8 Å². The van der Waals surface area contributed by atoms with E-state index in [4.69, 9.17) is 16.0 Å². The van der Waals surface area contributed by atoms with Gasteiger partial charge in [0.15, 0.2) is 11.4 Å². The van der Waals surface area contributed by atoms with Crippen molar-refractivity contribution in [1.82, 2.24) is 9.38 Å². The van der Waals surface area contributed by atoms with Crippen LogP contribution in [0.1, 0.15) is 16.2 Å². The Morgan fingerprint density at radius 1 is 1.03 bits per heavy atom. The molecule has 6 heteroatoms. The first-order valence-electron chi connectivity index (χ1n) is 9.14. The zero-order valence-electron chi connectivity index (χ0n) is 15.5. The fraction of sp³-hybridized carbons (Fsp3) is 0.0435. The lowest BCUT2D eigenvalue weighted by Crippen LogP contribution is -2.13. The third kappa shape index (κ3) is 3.05. The number of fused-ring (bicyclic) bond motifs is 2. The number of benzene rings is 2. The molecule has 0 unspecified atom stereocenters. The quantitative estimate of drug-likeness (QED) is 0.405. The molecule has 29 heavy (non-hydrogen) atoms. The smallest absolute Gasteiger partial charge is 0.292 e. The van der Waals surface area contributed by atoms with Crippen LogP contribution in [0, 0.1) is 6.92 Å². The highest BCUT2D eigenvalue weighted by molar-refractivity contribution is 6.33. The lowest BCUT2D eigenvalue weighted by Gasteiger charge is -2.05. The third-order valence-corrected chi connectivity index (χ3v) is 5.17. The van der Waals surface area contributed by atoms with E-state index in [1.54, 1.807) is 34.9 Å². The van der Waals surface area contributed by atoms with Gasteiger partial charge in [0.1, 0.15) is 11.6 Å². The van der Waals surface area contributed by atoms with Crippen LogP contribution in [0.15, 0.2) is 77.3 Å². The van der Waals surface area contributed by atoms with Gasteiger partial charge in [0.2, 0.25) is 0 Å². The van der Waals surface area contributed by atoms with E-state index in [2.05, 4.69) is 16.4 Å². The van der Waals surface area contributed by atoms with E-state index in [1.807, 2.05) is 43.3 Å². The van der Waals surface area contributed by atoms with Gasteiger partial charge in [-0.15, -0.1) is 0 Å². The molecule has 1 N–H and O–H groups in total. The number of carbonyl (C=O) groups is 1. The molecule has 2 aromatic carbocycles. The van der Waals surface area contributed by atoms with Gasteiger partial charge >= 0.3 is 0 Å². The van der Waals surface area contributed by atoms with E-state index in [1.165, 1.54) is 0 Å². The summed E-state index contributed by atoms with van der Waals surface area (Å²) in [5.74, 6) is 1.08. The number of rotatable bonds is 3. The summed E-state index contributed by atoms with van der Waals surface area (Å²) >= 11 is 6.19. The van der Waals surface area contributed by atoms with Gasteiger partial charge in [0.25, 0.3) is 5.91 Å². The topological polar surface area (TPSA) is 59.5 Å². The van der Waals surface area contributed by atoms with E-state index in [9.17, 15) is 4.79 Å². The van der Waals surface area contributed by atoms with Crippen molar-refractivity contribution in [2.45, 2.75) is 6.92 Å². The molecule has 1 amide bonds. The molecule has 5 aromatic rings. The lowest BCUT2D eigenvalue weighted by molar-refractivity contribution is 0.0997. The standard InChI is InChI=1S/C23H16ClN3O2/c1-14-21(27-12-4-7-18(24)22(27)25-14)26-23(28)20-11-10-19(29-20)17-9-8-15-5-2-3-6-16(15)13-17/h2-13H,1H3,(H,26,28). The predicted molar refractivity (Wildman–Crippen MR) is 115 cm³/mol. The van der Waals surface area contributed by atoms with Crippen LogP contribution in [0.3, 0.4) is 0 Å². The molecule has 0 saturated carbocycles. The second-order valence-electron chi connectivity index (χ2n) is 6.78. The minimum absolute atomic E-state index is 0.226. The van der Waals surface area contributed by atoms with Crippen LogP contribution >= 0.6 is 11.6 Å². The Bertz CT molecular complexity index is 1380. The summed E-state index contributed by atoms with van der Waals surface area (Å²) in [6.45, 7) is 1.82. The summed E-state index contributed by atoms with van der Waals surface area (Å²) in [4.78, 5) is 17.2. The van der Waals surface area contributed by atoms with Crippen LogP contribution in [0.25, 0.3) is 27.7 Å². The normalized spacial score (nSPS) is 11.2. The van der Waals surface area contributed by atoms with Gasteiger partial charge in [-0.1, -0.05) is 48.0 Å². The van der Waals surface area contributed by atoms with E-state index in [0.717, 1.165) is 16.3 Å². The first-order valence-corrected chi connectivity index (χ1v) is 9.51. The van der Waals surface area contributed by atoms with Gasteiger partial charge in [0.05, 0.1) is 10.7 Å². The maximum atomic E-state index is 12.8. The molecule has 3 heterocycles. The lowest BCUT2D eigenvalue weighted by atomic mass is 10.1. The Morgan fingerprint density at radius 2 is 1.86 bits per heavy atom. The Hall–Kier alpha value is -3.57. The fourth-order valence-corrected chi connectivity index (χ4v) is 3.63. The van der Waals surface area contributed by atoms with Crippen LogP contribution in [-0.4, -0.2) is 15.3 Å². The highest BCUT2D eigenvalue weighted by Gasteiger charge is 2.17. The first-order chi connectivity index (χ1) is 14.1. The number of aromatic nitrogens is 2. The highest BCUT2D eigenvalue weighted by Crippen LogP contribution is 2.27. The summed E-state index contributed by atoms with van der Waals surface area (Å²) in [6, 6.07) is 21.2. The number of hydrogen-bond acceptors (Lipinski definition) is 3. The Kier molecular flexibility index (Phi) is 4.11. The molecule has 0 fully saturated rings. The van der Waals surface area contributed by atoms with Gasteiger partial charge in [-0.2, -0.15) is 0 Å². The molecule has 0 bridgehead atoms. The van der Waals surface area contributed by atoms with E-state index in [-0.39, 0.29) is 11.7 Å². The van der Waals surface area contributed by atoms with Crippen LogP contribution in [0.5, 0.6) is 0 Å². The average molecular weight is 402 g/mol. The number of furan rings is 1. The van der Waals surface area contributed by atoms with Crippen molar-refractivity contribution in [3.05, 3.63) is 89.4 Å². The highest BCUT2D eigenvalue weighted by atomic mass is 35.5. The second-order valence-corrected chi connectivity index (χ2v) is 7.18. The summed E-state index contributed by atoms with van der Waals surface area (Å²) in [5, 5.41) is 5.67. The summed E-state index contributed by atoms with van der Waals surface area (Å²) in [6.07, 6.45) is 1.81. The third-order valence-electron chi connectivity index (χ3n) is 4.87. The zero-order chi connectivity index (χ0) is 20.0. The van der Waals surface area contributed by atoms with Crippen LogP contribution in [-0.2, 0) is 0 Å². The molecule has 5 nitrogen and oxygen atoms in total. The number of nitrogens with one attached hydrogen (secondary N) is 1. The first kappa shape index (κ1) is 17.5. The molecule has 0 aliphatic rings. The van der Waals surface area contributed by atoms with Crippen molar-refractivity contribution in [2.24, 2.45) is 0 Å². The number of pyridine rings is 1. The number of aryl methyl sites for hydroxylation is 1. The Labute approximate surface area is 171 Å². The molecule has 142 valence electrons. The molecule has 0 radical (unpaired) electrons. The van der Waals surface area contributed by atoms with Crippen LogP contribution in [0.4, 0.5) is 5.82 Å². The van der Waals surface area contributed by atoms with Gasteiger partial charge in [-0.3, -0.25) is 9.20 Å². The molecular weight excluding hydrogens is 386 g/mol. The summed E-state index contributed by atoms with van der Waals surface area (Å²) in [5.41, 5.74) is 2.19. The number of nitrogens with zero attached hydrogens (tertiary/aromatic N) is 2. The Balaban J connectivity index is 1.45. The number of hydrogen-bond donors (Lipinski definition) is 1.